The average molecular weight is 526 g/mol. The largest absolute Gasteiger partial charge is 0.481 e. The molecule has 16 heteroatoms. The van der Waals surface area contributed by atoms with Crippen molar-refractivity contribution in [2.45, 2.75) is 16.4 Å². The number of fused-ring (bicyclic) bond motifs is 1. The van der Waals surface area contributed by atoms with E-state index >= 15 is 0 Å². The summed E-state index contributed by atoms with van der Waals surface area (Å²) >= 11 is 3.58. The zero-order chi connectivity index (χ0) is 24.5. The van der Waals surface area contributed by atoms with Gasteiger partial charge in [-0.15, -0.1) is 34.9 Å². The standard InChI is InChI=1S/C18H19N7O6S3/c1-31-24-10(8-4-32-16(19)21-8)12(26)23-11-13(27)25-5-18(15(28)29,7-34-14(11)25)6-33-9-2-3-20-17(30)22-9/h2-4,11,14H,5-7H2,1H3,(H2,19,21)(H,23,26)(H,28,29)(H,20,22,30)/t11?,14-,18?/m1/s1. The highest BCUT2D eigenvalue weighted by Crippen LogP contribution is 2.44. The first-order valence-corrected chi connectivity index (χ1v) is 12.6. The number of aliphatic carboxylic acids is 1. The molecule has 4 heterocycles. The molecule has 2 aliphatic heterocycles. The Morgan fingerprint density at radius 2 is 2.29 bits per heavy atom. The first kappa shape index (κ1) is 24.0. The summed E-state index contributed by atoms with van der Waals surface area (Å²) in [7, 11) is 1.28. The first-order chi connectivity index (χ1) is 16.2. The second-order valence-corrected chi connectivity index (χ2v) is 10.4. The maximum absolute atomic E-state index is 12.8. The number of thiazole rings is 1. The van der Waals surface area contributed by atoms with E-state index in [0.717, 1.165) is 11.3 Å². The Labute approximate surface area is 204 Å². The van der Waals surface area contributed by atoms with Gasteiger partial charge < -0.3 is 30.9 Å². The molecule has 3 atom stereocenters. The van der Waals surface area contributed by atoms with Crippen molar-refractivity contribution in [1.82, 2.24) is 25.2 Å². The minimum Gasteiger partial charge on any atom is -0.481 e. The second kappa shape index (κ2) is 9.63. The van der Waals surface area contributed by atoms with E-state index in [0.29, 0.717) is 5.03 Å². The predicted molar refractivity (Wildman–Crippen MR) is 126 cm³/mol. The van der Waals surface area contributed by atoms with Crippen molar-refractivity contribution in [2.75, 3.05) is 30.9 Å². The Hall–Kier alpha value is -3.11. The fourth-order valence-corrected chi connectivity index (χ4v) is 6.74. The summed E-state index contributed by atoms with van der Waals surface area (Å²) in [5.41, 5.74) is 3.97. The number of hydrogen-bond acceptors (Lipinski definition) is 12. The molecule has 2 aromatic heterocycles. The number of aromatic nitrogens is 3. The van der Waals surface area contributed by atoms with Crippen LogP contribution in [0.2, 0.25) is 0 Å². The summed E-state index contributed by atoms with van der Waals surface area (Å²) in [5, 5.41) is 18.2. The molecule has 0 spiro atoms. The van der Waals surface area contributed by atoms with Crippen LogP contribution in [0.5, 0.6) is 0 Å². The highest BCUT2D eigenvalue weighted by Gasteiger charge is 2.57. The van der Waals surface area contributed by atoms with Crippen LogP contribution in [0.4, 0.5) is 5.13 Å². The quantitative estimate of drug-likeness (QED) is 0.113. The van der Waals surface area contributed by atoms with Crippen molar-refractivity contribution < 1.29 is 24.3 Å². The lowest BCUT2D eigenvalue weighted by atomic mass is 9.89. The molecule has 0 radical (unpaired) electrons. The molecular weight excluding hydrogens is 506 g/mol. The fraction of sp³-hybridized carbons (Fsp3) is 0.389. The zero-order valence-electron chi connectivity index (χ0n) is 17.6. The lowest BCUT2D eigenvalue weighted by Gasteiger charge is -2.53. The van der Waals surface area contributed by atoms with Gasteiger partial charge in [-0.25, -0.2) is 14.8 Å². The minimum absolute atomic E-state index is 0.0187. The lowest BCUT2D eigenvalue weighted by Crippen LogP contribution is -2.74. The smallest absolute Gasteiger partial charge is 0.345 e. The van der Waals surface area contributed by atoms with Crippen LogP contribution in [0, 0.1) is 5.41 Å². The molecule has 13 nitrogen and oxygen atoms in total. The average Bonchev–Trinajstić information content (AvgIpc) is 3.25. The van der Waals surface area contributed by atoms with Gasteiger partial charge in [0.15, 0.2) is 10.8 Å². The van der Waals surface area contributed by atoms with E-state index in [1.807, 2.05) is 0 Å². The number of aromatic amines is 1. The number of oxime groups is 1. The number of nitrogens with zero attached hydrogens (tertiary/aromatic N) is 4. The third-order valence-electron chi connectivity index (χ3n) is 5.20. The van der Waals surface area contributed by atoms with E-state index in [1.54, 1.807) is 11.4 Å². The van der Waals surface area contributed by atoms with Crippen LogP contribution in [0.15, 0.2) is 32.6 Å². The minimum atomic E-state index is -1.22. The summed E-state index contributed by atoms with van der Waals surface area (Å²) < 4.78 is 0. The molecule has 0 aliphatic carbocycles. The number of nitrogen functional groups attached to an aromatic ring is 1. The zero-order valence-corrected chi connectivity index (χ0v) is 20.0. The highest BCUT2D eigenvalue weighted by molar-refractivity contribution is 8.00. The van der Waals surface area contributed by atoms with Crippen LogP contribution in [-0.2, 0) is 19.2 Å². The number of anilines is 1. The van der Waals surface area contributed by atoms with E-state index in [4.69, 9.17) is 10.6 Å². The van der Waals surface area contributed by atoms with Crippen LogP contribution >= 0.6 is 34.9 Å². The van der Waals surface area contributed by atoms with Crippen molar-refractivity contribution in [1.29, 1.82) is 0 Å². The normalized spacial score (nSPS) is 24.2. The van der Waals surface area contributed by atoms with Gasteiger partial charge in [0.25, 0.3) is 5.91 Å². The number of amides is 2. The third-order valence-corrected chi connectivity index (χ3v) is 8.71. The Kier molecular flexibility index (Phi) is 6.81. The molecular formula is C18H19N7O6S3. The molecule has 2 fully saturated rings. The maximum atomic E-state index is 12.8. The van der Waals surface area contributed by atoms with Gasteiger partial charge in [-0.2, -0.15) is 0 Å². The molecule has 0 saturated carbocycles. The van der Waals surface area contributed by atoms with Crippen molar-refractivity contribution in [3.63, 3.8) is 0 Å². The van der Waals surface area contributed by atoms with Gasteiger partial charge in [-0.3, -0.25) is 14.4 Å². The molecule has 34 heavy (non-hydrogen) atoms. The van der Waals surface area contributed by atoms with Gasteiger partial charge in [0.2, 0.25) is 5.91 Å². The Morgan fingerprint density at radius 1 is 1.50 bits per heavy atom. The van der Waals surface area contributed by atoms with E-state index in [1.165, 1.54) is 41.7 Å². The van der Waals surface area contributed by atoms with Gasteiger partial charge in [0.1, 0.15) is 29.6 Å². The van der Waals surface area contributed by atoms with Gasteiger partial charge in [-0.1, -0.05) is 5.16 Å². The SMILES string of the molecule is CON=C(C(=O)NC1C(=O)N2CC(CSc3ccnc(=O)[nH]3)(C(=O)O)CS[C@H]12)c1csc(N)n1. The van der Waals surface area contributed by atoms with Gasteiger partial charge in [0, 0.05) is 29.6 Å². The molecule has 5 N–H and O–H groups in total. The number of carboxylic acid groups (broad SMARTS) is 1. The number of nitrogens with one attached hydrogen (secondary N) is 2. The van der Waals surface area contributed by atoms with Crippen molar-refractivity contribution in [3.05, 3.63) is 33.8 Å². The monoisotopic (exact) mass is 525 g/mol. The van der Waals surface area contributed by atoms with Crippen molar-refractivity contribution >= 4 is 63.5 Å². The number of carboxylic acids is 1. The van der Waals surface area contributed by atoms with Gasteiger partial charge in [-0.05, 0) is 6.07 Å². The Bertz CT molecular complexity index is 1220. The molecule has 0 aromatic carbocycles. The number of nitrogens with two attached hydrogens (primary N) is 1. The van der Waals surface area contributed by atoms with E-state index in [-0.39, 0.29) is 34.6 Å². The Morgan fingerprint density at radius 3 is 2.94 bits per heavy atom. The summed E-state index contributed by atoms with van der Waals surface area (Å²) in [6.45, 7) is -0.0187. The first-order valence-electron chi connectivity index (χ1n) is 9.71. The van der Waals surface area contributed by atoms with Crippen molar-refractivity contribution in [3.8, 4) is 0 Å². The number of H-pyrrole nitrogens is 1. The molecule has 180 valence electrons. The van der Waals surface area contributed by atoms with Crippen LogP contribution in [0.3, 0.4) is 0 Å². The summed E-state index contributed by atoms with van der Waals surface area (Å²) in [6.07, 6.45) is 1.34. The molecule has 4 rings (SSSR count). The fourth-order valence-electron chi connectivity index (χ4n) is 3.46. The molecule has 2 aliphatic rings. The van der Waals surface area contributed by atoms with E-state index < -0.39 is 40.3 Å². The number of hydrogen-bond donors (Lipinski definition) is 4. The van der Waals surface area contributed by atoms with Crippen LogP contribution in [0.25, 0.3) is 0 Å². The summed E-state index contributed by atoms with van der Waals surface area (Å²) in [4.78, 5) is 65.4. The van der Waals surface area contributed by atoms with Crippen LogP contribution in [0.1, 0.15) is 5.69 Å². The molecule has 2 unspecified atom stereocenters. The predicted octanol–water partition coefficient (Wildman–Crippen LogP) is -0.578. The maximum Gasteiger partial charge on any atom is 0.345 e. The Balaban J connectivity index is 1.43. The van der Waals surface area contributed by atoms with Crippen LogP contribution in [-0.4, -0.2) is 85.0 Å². The summed E-state index contributed by atoms with van der Waals surface area (Å²) in [5.74, 6) is -1.74. The molecule has 0 bridgehead atoms. The third kappa shape index (κ3) is 4.60. The van der Waals surface area contributed by atoms with Gasteiger partial charge in [0.05, 0.1) is 5.03 Å². The number of rotatable bonds is 8. The lowest BCUT2D eigenvalue weighted by molar-refractivity contribution is -0.157. The van der Waals surface area contributed by atoms with E-state index in [2.05, 4.69) is 25.4 Å². The highest BCUT2D eigenvalue weighted by atomic mass is 32.2. The number of β-lactam (4-membered cyclic amide) rings is 1. The number of carbonyl (C=O) groups excluding carboxylic acids is 2. The number of thioether (sulfide) groups is 2. The van der Waals surface area contributed by atoms with Crippen LogP contribution < -0.4 is 16.7 Å². The van der Waals surface area contributed by atoms with Crippen molar-refractivity contribution in [2.24, 2.45) is 10.6 Å². The summed E-state index contributed by atoms with van der Waals surface area (Å²) in [6, 6.07) is 0.738. The molecule has 2 amide bonds. The van der Waals surface area contributed by atoms with Gasteiger partial charge >= 0.3 is 11.7 Å². The second-order valence-electron chi connectivity index (χ2n) is 7.43. The molecule has 2 saturated heterocycles. The number of carbonyl (C=O) groups is 3. The molecule has 2 aromatic rings. The topological polar surface area (TPSA) is 193 Å². The van der Waals surface area contributed by atoms with E-state index in [9.17, 15) is 24.3 Å².